The van der Waals surface area contributed by atoms with Gasteiger partial charge in [0, 0.05) is 12.3 Å². The Balaban J connectivity index is 2.50. The molecule has 2 atom stereocenters. The van der Waals surface area contributed by atoms with E-state index >= 15 is 0 Å². The second-order valence-electron chi connectivity index (χ2n) is 3.66. The van der Waals surface area contributed by atoms with Crippen LogP contribution in [-0.4, -0.2) is 12.5 Å². The summed E-state index contributed by atoms with van der Waals surface area (Å²) in [5.74, 6) is -0.832. The van der Waals surface area contributed by atoms with Crippen LogP contribution in [0.2, 0.25) is 0 Å². The summed E-state index contributed by atoms with van der Waals surface area (Å²) in [5.41, 5.74) is 0. The largest absolute Gasteiger partial charge is 0.389 e. The number of hydrogen-bond acceptors (Lipinski definition) is 1. The average molecular weight is 194 g/mol. The molecule has 76 valence electrons. The van der Waals surface area contributed by atoms with Gasteiger partial charge in [0.15, 0.2) is 0 Å². The van der Waals surface area contributed by atoms with Crippen molar-refractivity contribution in [2.45, 2.75) is 38.3 Å². The zero-order valence-electron chi connectivity index (χ0n) is 7.31. The second kappa shape index (κ2) is 4.11. The minimum absolute atomic E-state index is 0.365. The summed E-state index contributed by atoms with van der Waals surface area (Å²) in [6.45, 7) is 0. The van der Waals surface area contributed by atoms with E-state index in [9.17, 15) is 18.0 Å². The van der Waals surface area contributed by atoms with Crippen LogP contribution in [0.15, 0.2) is 0 Å². The van der Waals surface area contributed by atoms with Gasteiger partial charge in [0.25, 0.3) is 0 Å². The molecule has 1 aliphatic rings. The van der Waals surface area contributed by atoms with Crippen molar-refractivity contribution >= 4 is 6.29 Å². The first kappa shape index (κ1) is 10.5. The fourth-order valence-corrected chi connectivity index (χ4v) is 1.97. The van der Waals surface area contributed by atoms with Crippen molar-refractivity contribution in [2.24, 2.45) is 11.8 Å². The molecule has 1 aliphatic carbocycles. The van der Waals surface area contributed by atoms with E-state index < -0.39 is 18.5 Å². The van der Waals surface area contributed by atoms with Crippen molar-refractivity contribution in [1.82, 2.24) is 0 Å². The summed E-state index contributed by atoms with van der Waals surface area (Å²) in [5, 5.41) is 0. The van der Waals surface area contributed by atoms with Crippen LogP contribution >= 0.6 is 0 Å². The van der Waals surface area contributed by atoms with Gasteiger partial charge in [-0.25, -0.2) is 0 Å². The van der Waals surface area contributed by atoms with E-state index in [0.717, 1.165) is 12.8 Å². The van der Waals surface area contributed by atoms with E-state index in [0.29, 0.717) is 19.1 Å². The molecule has 0 bridgehead atoms. The lowest BCUT2D eigenvalue weighted by Crippen LogP contribution is -2.26. The summed E-state index contributed by atoms with van der Waals surface area (Å²) in [4.78, 5) is 10.5. The third-order valence-electron chi connectivity index (χ3n) is 2.64. The number of alkyl halides is 3. The van der Waals surface area contributed by atoms with Crippen LogP contribution < -0.4 is 0 Å². The molecule has 0 spiro atoms. The van der Waals surface area contributed by atoms with Gasteiger partial charge in [-0.15, -0.1) is 0 Å². The zero-order valence-corrected chi connectivity index (χ0v) is 7.31. The van der Waals surface area contributed by atoms with Gasteiger partial charge in [-0.05, 0) is 18.8 Å². The topological polar surface area (TPSA) is 17.1 Å². The summed E-state index contributed by atoms with van der Waals surface area (Å²) in [6, 6.07) is 0. The number of halogens is 3. The van der Waals surface area contributed by atoms with E-state index in [1.165, 1.54) is 0 Å². The first-order valence-electron chi connectivity index (χ1n) is 4.55. The van der Waals surface area contributed by atoms with E-state index in [2.05, 4.69) is 0 Å². The Labute approximate surface area is 75.3 Å². The molecule has 0 aromatic rings. The SMILES string of the molecule is O=CC1CCCCC1CC(F)(F)F. The molecule has 0 radical (unpaired) electrons. The molecule has 1 nitrogen and oxygen atoms in total. The van der Waals surface area contributed by atoms with Crippen LogP contribution in [0, 0.1) is 11.8 Å². The Morgan fingerprint density at radius 2 is 1.85 bits per heavy atom. The number of carbonyl (C=O) groups is 1. The third-order valence-corrected chi connectivity index (χ3v) is 2.64. The Morgan fingerprint density at radius 1 is 1.23 bits per heavy atom. The monoisotopic (exact) mass is 194 g/mol. The van der Waals surface area contributed by atoms with Crippen molar-refractivity contribution in [3.63, 3.8) is 0 Å². The number of rotatable bonds is 2. The minimum atomic E-state index is -4.12. The molecule has 0 N–H and O–H groups in total. The van der Waals surface area contributed by atoms with Crippen LogP contribution in [0.25, 0.3) is 0 Å². The second-order valence-corrected chi connectivity index (χ2v) is 3.66. The molecule has 13 heavy (non-hydrogen) atoms. The molecule has 1 rings (SSSR count). The van der Waals surface area contributed by atoms with Gasteiger partial charge >= 0.3 is 6.18 Å². The first-order valence-corrected chi connectivity index (χ1v) is 4.55. The van der Waals surface area contributed by atoms with E-state index in [1.54, 1.807) is 0 Å². The van der Waals surface area contributed by atoms with Gasteiger partial charge in [-0.1, -0.05) is 12.8 Å². The zero-order chi connectivity index (χ0) is 9.90. The molecule has 0 amide bonds. The molecular formula is C9H13F3O. The Hall–Kier alpha value is -0.540. The Bertz CT molecular complexity index is 176. The lowest BCUT2D eigenvalue weighted by molar-refractivity contribution is -0.151. The fourth-order valence-electron chi connectivity index (χ4n) is 1.97. The van der Waals surface area contributed by atoms with Crippen molar-refractivity contribution in [3.05, 3.63) is 0 Å². The molecule has 1 saturated carbocycles. The fraction of sp³-hybridized carbons (Fsp3) is 0.889. The maximum atomic E-state index is 12.0. The van der Waals surface area contributed by atoms with Gasteiger partial charge in [-0.2, -0.15) is 13.2 Å². The van der Waals surface area contributed by atoms with Crippen LogP contribution in [0.4, 0.5) is 13.2 Å². The van der Waals surface area contributed by atoms with Gasteiger partial charge in [0.05, 0.1) is 0 Å². The van der Waals surface area contributed by atoms with Crippen molar-refractivity contribution in [1.29, 1.82) is 0 Å². The quantitative estimate of drug-likeness (QED) is 0.617. The summed E-state index contributed by atoms with van der Waals surface area (Å²) < 4.78 is 36.1. The molecule has 0 saturated heterocycles. The Kier molecular flexibility index (Phi) is 3.33. The van der Waals surface area contributed by atoms with Crippen molar-refractivity contribution in [2.75, 3.05) is 0 Å². The van der Waals surface area contributed by atoms with E-state index in [-0.39, 0.29) is 5.92 Å². The van der Waals surface area contributed by atoms with Crippen LogP contribution in [0.3, 0.4) is 0 Å². The van der Waals surface area contributed by atoms with E-state index in [1.807, 2.05) is 0 Å². The lowest BCUT2D eigenvalue weighted by atomic mass is 9.78. The molecule has 0 aromatic heterocycles. The van der Waals surface area contributed by atoms with Crippen molar-refractivity contribution in [3.8, 4) is 0 Å². The van der Waals surface area contributed by atoms with Gasteiger partial charge in [0.2, 0.25) is 0 Å². The van der Waals surface area contributed by atoms with Crippen molar-refractivity contribution < 1.29 is 18.0 Å². The van der Waals surface area contributed by atoms with Crippen LogP contribution in [-0.2, 0) is 4.79 Å². The summed E-state index contributed by atoms with van der Waals surface area (Å²) in [6.07, 6.45) is -1.34. The molecular weight excluding hydrogens is 181 g/mol. The lowest BCUT2D eigenvalue weighted by Gasteiger charge is -2.28. The van der Waals surface area contributed by atoms with Gasteiger partial charge < -0.3 is 4.79 Å². The highest BCUT2D eigenvalue weighted by atomic mass is 19.4. The number of aldehydes is 1. The first-order chi connectivity index (χ1) is 6.03. The highest BCUT2D eigenvalue weighted by Gasteiger charge is 2.36. The predicted molar refractivity (Wildman–Crippen MR) is 42.2 cm³/mol. The molecule has 0 aromatic carbocycles. The van der Waals surface area contributed by atoms with E-state index in [4.69, 9.17) is 0 Å². The average Bonchev–Trinajstić information content (AvgIpc) is 2.02. The molecule has 0 heterocycles. The molecule has 4 heteroatoms. The standard InChI is InChI=1S/C9H13F3O/c10-9(11,12)5-7-3-1-2-4-8(7)6-13/h6-8H,1-5H2. The Morgan fingerprint density at radius 3 is 2.38 bits per heavy atom. The van der Waals surface area contributed by atoms with Crippen LogP contribution in [0.1, 0.15) is 32.1 Å². The normalized spacial score (nSPS) is 30.1. The third kappa shape index (κ3) is 3.36. The highest BCUT2D eigenvalue weighted by Crippen LogP contribution is 2.36. The van der Waals surface area contributed by atoms with Crippen LogP contribution in [0.5, 0.6) is 0 Å². The predicted octanol–water partition coefficient (Wildman–Crippen LogP) is 2.94. The smallest absolute Gasteiger partial charge is 0.303 e. The number of hydrogen-bond donors (Lipinski definition) is 0. The van der Waals surface area contributed by atoms with Gasteiger partial charge in [0.1, 0.15) is 6.29 Å². The summed E-state index contributed by atoms with van der Waals surface area (Å²) in [7, 11) is 0. The maximum absolute atomic E-state index is 12.0. The van der Waals surface area contributed by atoms with Gasteiger partial charge in [-0.3, -0.25) is 0 Å². The molecule has 2 unspecified atom stereocenters. The minimum Gasteiger partial charge on any atom is -0.303 e. The highest BCUT2D eigenvalue weighted by molar-refractivity contribution is 5.54. The molecule has 1 fully saturated rings. The maximum Gasteiger partial charge on any atom is 0.389 e. The molecule has 0 aliphatic heterocycles. The summed E-state index contributed by atoms with van der Waals surface area (Å²) >= 11 is 0. The number of carbonyl (C=O) groups excluding carboxylic acids is 1.